The molecule has 1 aromatic rings. The van der Waals surface area contributed by atoms with E-state index in [1.807, 2.05) is 42.5 Å². The Kier molecular flexibility index (Phi) is 11.3. The summed E-state index contributed by atoms with van der Waals surface area (Å²) in [4.78, 5) is 38.1. The lowest BCUT2D eigenvalue weighted by Crippen LogP contribution is -2.45. The molecule has 0 bridgehead atoms. The van der Waals surface area contributed by atoms with E-state index >= 15 is 0 Å². The van der Waals surface area contributed by atoms with Crippen molar-refractivity contribution in [2.75, 3.05) is 13.2 Å². The number of hydrogen-bond acceptors (Lipinski definition) is 5. The van der Waals surface area contributed by atoms with Crippen LogP contribution in [0.25, 0.3) is 0 Å². The zero-order valence-electron chi connectivity index (χ0n) is 20.6. The van der Waals surface area contributed by atoms with Crippen molar-refractivity contribution < 1.29 is 24.2 Å². The summed E-state index contributed by atoms with van der Waals surface area (Å²) in [6.45, 7) is -0.000401. The lowest BCUT2D eigenvalue weighted by Gasteiger charge is -2.28. The highest BCUT2D eigenvalue weighted by atomic mass is 16.5. The van der Waals surface area contributed by atoms with Crippen LogP contribution in [0.1, 0.15) is 69.8 Å². The summed E-state index contributed by atoms with van der Waals surface area (Å²) >= 11 is 0. The maximum atomic E-state index is 13.2. The average Bonchev–Trinajstić information content (AvgIpc) is 2.86. The van der Waals surface area contributed by atoms with Gasteiger partial charge in [-0.3, -0.25) is 14.4 Å². The van der Waals surface area contributed by atoms with Gasteiger partial charge < -0.3 is 20.5 Å². The van der Waals surface area contributed by atoms with E-state index in [0.29, 0.717) is 31.6 Å². The minimum absolute atomic E-state index is 0.0391. The topological polar surface area (TPSA) is 105 Å². The number of hydrogen-bond donors (Lipinski definition) is 3. The largest absolute Gasteiger partial charge is 0.463 e. The lowest BCUT2D eigenvalue weighted by atomic mass is 9.84. The van der Waals surface area contributed by atoms with E-state index in [9.17, 15) is 19.5 Å². The fourth-order valence-electron chi connectivity index (χ4n) is 5.01. The summed E-state index contributed by atoms with van der Waals surface area (Å²) in [7, 11) is 0. The molecule has 1 heterocycles. The molecule has 2 amide bonds. The molecule has 1 fully saturated rings. The molecule has 3 atom stereocenters. The third-order valence-corrected chi connectivity index (χ3v) is 6.95. The van der Waals surface area contributed by atoms with Crippen LogP contribution >= 0.6 is 0 Å². The third-order valence-electron chi connectivity index (χ3n) is 6.95. The van der Waals surface area contributed by atoms with Crippen molar-refractivity contribution in [1.29, 1.82) is 0 Å². The molecule has 1 aliphatic carbocycles. The van der Waals surface area contributed by atoms with Crippen LogP contribution in [0.3, 0.4) is 0 Å². The van der Waals surface area contributed by atoms with Crippen LogP contribution in [0.5, 0.6) is 0 Å². The van der Waals surface area contributed by atoms with Crippen molar-refractivity contribution in [3.8, 4) is 0 Å². The number of rotatable bonds is 8. The summed E-state index contributed by atoms with van der Waals surface area (Å²) in [5.74, 6) is -0.693. The number of amides is 2. The van der Waals surface area contributed by atoms with Gasteiger partial charge in [0.15, 0.2) is 0 Å². The van der Waals surface area contributed by atoms with Gasteiger partial charge in [0.25, 0.3) is 0 Å². The zero-order valence-corrected chi connectivity index (χ0v) is 20.6. The molecule has 35 heavy (non-hydrogen) atoms. The molecule has 0 radical (unpaired) electrons. The molecule has 3 unspecified atom stereocenters. The quantitative estimate of drug-likeness (QED) is 0.387. The monoisotopic (exact) mass is 484 g/mol. The molecule has 192 valence electrons. The van der Waals surface area contributed by atoms with Crippen molar-refractivity contribution >= 4 is 17.8 Å². The molecular weight excluding hydrogens is 444 g/mol. The number of nitrogens with one attached hydrogen (secondary N) is 2. The Hall–Kier alpha value is -2.67. The Bertz CT molecular complexity index is 835. The number of aliphatic hydroxyl groups excluding tert-OH is 1. The number of esters is 1. The van der Waals surface area contributed by atoms with Gasteiger partial charge in [-0.25, -0.2) is 0 Å². The van der Waals surface area contributed by atoms with Gasteiger partial charge in [-0.1, -0.05) is 74.6 Å². The molecule has 0 saturated heterocycles. The first-order valence-corrected chi connectivity index (χ1v) is 13.1. The Balaban J connectivity index is 1.62. The minimum Gasteiger partial charge on any atom is -0.463 e. The van der Waals surface area contributed by atoms with Crippen LogP contribution in [0, 0.1) is 11.8 Å². The second-order valence-electron chi connectivity index (χ2n) is 9.91. The lowest BCUT2D eigenvalue weighted by molar-refractivity contribution is -0.145. The van der Waals surface area contributed by atoms with Gasteiger partial charge in [0.1, 0.15) is 6.61 Å². The van der Waals surface area contributed by atoms with Gasteiger partial charge in [0, 0.05) is 12.8 Å². The predicted octanol–water partition coefficient (Wildman–Crippen LogP) is 3.45. The molecule has 0 spiro atoms. The third kappa shape index (κ3) is 9.84. The van der Waals surface area contributed by atoms with E-state index < -0.39 is 12.0 Å². The Morgan fingerprint density at radius 1 is 1.11 bits per heavy atom. The molecule has 3 N–H and O–H groups in total. The van der Waals surface area contributed by atoms with E-state index in [4.69, 9.17) is 4.74 Å². The SMILES string of the molecule is O=C(CC1CC=CCCC(=O)OCC(CC2CCCCC2)NC1=O)NC(CO)Cc1ccccc1. The van der Waals surface area contributed by atoms with Crippen LogP contribution in [0.4, 0.5) is 0 Å². The van der Waals surface area contributed by atoms with E-state index in [-0.39, 0.29) is 43.5 Å². The molecule has 3 rings (SSSR count). The van der Waals surface area contributed by atoms with Crippen LogP contribution < -0.4 is 10.6 Å². The summed E-state index contributed by atoms with van der Waals surface area (Å²) in [5.41, 5.74) is 1.03. The smallest absolute Gasteiger partial charge is 0.306 e. The predicted molar refractivity (Wildman–Crippen MR) is 134 cm³/mol. The summed E-state index contributed by atoms with van der Waals surface area (Å²) in [6, 6.07) is 9.04. The number of cyclic esters (lactones) is 1. The first kappa shape index (κ1) is 26.9. The Morgan fingerprint density at radius 3 is 2.63 bits per heavy atom. The average molecular weight is 485 g/mol. The normalized spacial score (nSPS) is 23.3. The maximum Gasteiger partial charge on any atom is 0.306 e. The maximum absolute atomic E-state index is 13.2. The molecule has 2 aliphatic rings. The van der Waals surface area contributed by atoms with Gasteiger partial charge >= 0.3 is 5.97 Å². The van der Waals surface area contributed by atoms with E-state index in [1.54, 1.807) is 0 Å². The van der Waals surface area contributed by atoms with Gasteiger partial charge in [-0.15, -0.1) is 0 Å². The van der Waals surface area contributed by atoms with Crippen molar-refractivity contribution in [2.45, 2.75) is 82.7 Å². The molecule has 1 saturated carbocycles. The van der Waals surface area contributed by atoms with Crippen LogP contribution in [-0.2, 0) is 25.5 Å². The molecule has 1 aliphatic heterocycles. The van der Waals surface area contributed by atoms with E-state index in [0.717, 1.165) is 24.8 Å². The highest BCUT2D eigenvalue weighted by Gasteiger charge is 2.27. The molecule has 1 aromatic carbocycles. The molecule has 7 heteroatoms. The number of carbonyl (C=O) groups is 3. The standard InChI is InChI=1S/C28H40N2O5/c31-19-24(16-21-10-4-1-5-11-21)29-26(32)18-23-14-8-3-9-15-27(33)35-20-25(30-28(23)34)17-22-12-6-2-7-13-22/h1,3-5,8,10-11,22-25,31H,2,6-7,9,12-20H2,(H,29,32)(H,30,34). The Morgan fingerprint density at radius 2 is 1.89 bits per heavy atom. The van der Waals surface area contributed by atoms with Crippen LogP contribution in [-0.4, -0.2) is 48.2 Å². The van der Waals surface area contributed by atoms with Crippen molar-refractivity contribution in [2.24, 2.45) is 11.8 Å². The number of carbonyl (C=O) groups excluding carboxylic acids is 3. The first-order chi connectivity index (χ1) is 17.0. The first-order valence-electron chi connectivity index (χ1n) is 13.1. The van der Waals surface area contributed by atoms with Crippen LogP contribution in [0.15, 0.2) is 42.5 Å². The van der Waals surface area contributed by atoms with E-state index in [1.165, 1.54) is 19.3 Å². The number of ether oxygens (including phenoxy) is 1. The second kappa shape index (κ2) is 14.7. The van der Waals surface area contributed by atoms with E-state index in [2.05, 4.69) is 10.6 Å². The fraction of sp³-hybridized carbons (Fsp3) is 0.607. The van der Waals surface area contributed by atoms with Crippen molar-refractivity contribution in [3.63, 3.8) is 0 Å². The second-order valence-corrected chi connectivity index (χ2v) is 9.91. The van der Waals surface area contributed by atoms with Crippen molar-refractivity contribution in [3.05, 3.63) is 48.0 Å². The van der Waals surface area contributed by atoms with Gasteiger partial charge in [-0.2, -0.15) is 0 Å². The minimum atomic E-state index is -0.522. The number of benzene rings is 1. The van der Waals surface area contributed by atoms with Gasteiger partial charge in [0.05, 0.1) is 24.6 Å². The van der Waals surface area contributed by atoms with Gasteiger partial charge in [0.2, 0.25) is 11.8 Å². The van der Waals surface area contributed by atoms with Crippen molar-refractivity contribution in [1.82, 2.24) is 10.6 Å². The highest BCUT2D eigenvalue weighted by Crippen LogP contribution is 2.28. The summed E-state index contributed by atoms with van der Waals surface area (Å²) in [6.07, 6.45) is 12.3. The number of aliphatic hydroxyl groups is 1. The highest BCUT2D eigenvalue weighted by molar-refractivity contribution is 5.86. The summed E-state index contributed by atoms with van der Waals surface area (Å²) < 4.78 is 5.46. The van der Waals surface area contributed by atoms with Gasteiger partial charge in [-0.05, 0) is 37.2 Å². The zero-order chi connectivity index (χ0) is 24.9. The Labute approximate surface area is 208 Å². The molecule has 7 nitrogen and oxygen atoms in total. The molecule has 0 aromatic heterocycles. The summed E-state index contributed by atoms with van der Waals surface area (Å²) in [5, 5.41) is 15.7. The fourth-order valence-corrected chi connectivity index (χ4v) is 5.01. The van der Waals surface area contributed by atoms with Crippen LogP contribution in [0.2, 0.25) is 0 Å². The number of allylic oxidation sites excluding steroid dienone is 2. The molecular formula is C28H40N2O5.